The van der Waals surface area contributed by atoms with E-state index in [9.17, 15) is 13.9 Å². The van der Waals surface area contributed by atoms with Crippen LogP contribution in [0.3, 0.4) is 0 Å². The first-order valence-corrected chi connectivity index (χ1v) is 3.46. The zero-order valence-electron chi connectivity index (χ0n) is 6.72. The van der Waals surface area contributed by atoms with Crippen molar-refractivity contribution in [2.75, 3.05) is 0 Å². The zero-order valence-corrected chi connectivity index (χ0v) is 6.72. The highest BCUT2D eigenvalue weighted by Crippen LogP contribution is 2.22. The predicted molar refractivity (Wildman–Crippen MR) is 45.0 cm³/mol. The predicted octanol–water partition coefficient (Wildman–Crippen LogP) is 0.856. The highest BCUT2D eigenvalue weighted by Gasteiger charge is 2.16. The minimum atomic E-state index is -2.87. The monoisotopic (exact) mass is 186 g/mol. The number of hydrogen-bond donors (Lipinski definition) is 2. The molecule has 0 saturated carbocycles. The average Bonchev–Trinajstić information content (AvgIpc) is 2.01. The Morgan fingerprint density at radius 1 is 1.23 bits per heavy atom. The number of phenolic OH excluding ortho intramolecular Hbond substituents is 2. The van der Waals surface area contributed by atoms with Gasteiger partial charge in [-0.05, 0) is 6.07 Å². The summed E-state index contributed by atoms with van der Waals surface area (Å²) in [4.78, 5) is 0. The van der Waals surface area contributed by atoms with Crippen LogP contribution in [0.4, 0.5) is 8.78 Å². The molecule has 0 aliphatic carbocycles. The molecule has 0 aliphatic rings. The van der Waals surface area contributed by atoms with Crippen molar-refractivity contribution in [1.29, 1.82) is 0 Å². The molecule has 1 rings (SSSR count). The third-order valence-corrected chi connectivity index (χ3v) is 1.72. The van der Waals surface area contributed by atoms with E-state index < -0.39 is 23.5 Å². The molecule has 0 fully saturated rings. The van der Waals surface area contributed by atoms with Crippen molar-refractivity contribution in [2.45, 2.75) is 6.43 Å². The van der Waals surface area contributed by atoms with Crippen LogP contribution in [-0.4, -0.2) is 10.2 Å². The summed E-state index contributed by atoms with van der Waals surface area (Å²) in [5, 5.41) is 18.0. The van der Waals surface area contributed by atoms with E-state index in [1.165, 1.54) is 0 Å². The van der Waals surface area contributed by atoms with Crippen molar-refractivity contribution in [3.8, 4) is 11.5 Å². The van der Waals surface area contributed by atoms with Crippen molar-refractivity contribution in [3.05, 3.63) is 22.1 Å². The lowest BCUT2D eigenvalue weighted by molar-refractivity contribution is 0.145. The number of halogens is 2. The number of phenols is 2. The Kier molecular flexibility index (Phi) is 2.23. The number of alkyl halides is 2. The maximum atomic E-state index is 12.3. The van der Waals surface area contributed by atoms with Crippen LogP contribution in [0.2, 0.25) is 0 Å². The summed E-state index contributed by atoms with van der Waals surface area (Å²) >= 11 is 0. The summed E-state index contributed by atoms with van der Waals surface area (Å²) in [7, 11) is 0. The maximum absolute atomic E-state index is 12.3. The molecule has 1 aromatic rings. The molecule has 13 heavy (non-hydrogen) atoms. The fourth-order valence-electron chi connectivity index (χ4n) is 1.01. The van der Waals surface area contributed by atoms with Crippen LogP contribution in [0.15, 0.2) is 6.07 Å². The average molecular weight is 186 g/mol. The Morgan fingerprint density at radius 2 is 1.77 bits per heavy atom. The fourth-order valence-corrected chi connectivity index (χ4v) is 1.01. The maximum Gasteiger partial charge on any atom is 0.268 e. The normalized spacial score (nSPS) is 10.7. The number of hydrogen-bond acceptors (Lipinski definition) is 2. The standard InChI is InChI=1S/C9H8F2O2/c1-4-3-6(12)5(2)7(8(4)13)9(10)11/h3,9,12-13H,1-2H2. The molecule has 0 aliphatic heterocycles. The minimum Gasteiger partial charge on any atom is -0.507 e. The molecule has 0 saturated heterocycles. The molecule has 0 atom stereocenters. The topological polar surface area (TPSA) is 40.5 Å². The van der Waals surface area contributed by atoms with Crippen molar-refractivity contribution >= 4 is 13.2 Å². The van der Waals surface area contributed by atoms with Crippen molar-refractivity contribution in [2.24, 2.45) is 0 Å². The van der Waals surface area contributed by atoms with E-state index in [0.717, 1.165) is 6.07 Å². The molecule has 0 radical (unpaired) electrons. The van der Waals surface area contributed by atoms with E-state index >= 15 is 0 Å². The molecule has 0 amide bonds. The van der Waals surface area contributed by atoms with E-state index in [2.05, 4.69) is 13.2 Å². The lowest BCUT2D eigenvalue weighted by atomic mass is 10.1. The lowest BCUT2D eigenvalue weighted by Crippen LogP contribution is -2.15. The van der Waals surface area contributed by atoms with Gasteiger partial charge < -0.3 is 10.2 Å². The summed E-state index contributed by atoms with van der Waals surface area (Å²) in [6.07, 6.45) is -2.87. The van der Waals surface area contributed by atoms with Crippen molar-refractivity contribution in [3.63, 3.8) is 0 Å². The second-order valence-corrected chi connectivity index (χ2v) is 2.60. The molecule has 2 nitrogen and oxygen atoms in total. The Balaban J connectivity index is 3.66. The third kappa shape index (κ3) is 1.47. The van der Waals surface area contributed by atoms with Crippen LogP contribution in [0.1, 0.15) is 12.0 Å². The number of benzene rings is 1. The Labute approximate surface area is 73.1 Å². The molecule has 0 heterocycles. The van der Waals surface area contributed by atoms with E-state index in [0.29, 0.717) is 0 Å². The van der Waals surface area contributed by atoms with Crippen LogP contribution in [0.5, 0.6) is 11.5 Å². The Hall–Kier alpha value is -1.58. The van der Waals surface area contributed by atoms with Crippen LogP contribution < -0.4 is 10.4 Å². The summed E-state index contributed by atoms with van der Waals surface area (Å²) in [5.41, 5.74) is -0.662. The first kappa shape index (κ1) is 9.51. The SMILES string of the molecule is C=c1cc(O)c(=C)c(C(F)F)c1O. The molecule has 0 bridgehead atoms. The van der Waals surface area contributed by atoms with E-state index in [1.54, 1.807) is 0 Å². The quantitative estimate of drug-likeness (QED) is 0.638. The van der Waals surface area contributed by atoms with Crippen LogP contribution in [0, 0.1) is 0 Å². The molecular formula is C9H8F2O2. The van der Waals surface area contributed by atoms with Crippen molar-refractivity contribution in [1.82, 2.24) is 0 Å². The molecule has 70 valence electrons. The molecule has 0 aromatic heterocycles. The minimum absolute atomic E-state index is 0.0415. The van der Waals surface area contributed by atoms with Gasteiger partial charge in [-0.2, -0.15) is 0 Å². The van der Waals surface area contributed by atoms with Gasteiger partial charge in [0, 0.05) is 10.4 Å². The summed E-state index contributed by atoms with van der Waals surface area (Å²) in [6, 6.07) is 1.09. The number of rotatable bonds is 1. The third-order valence-electron chi connectivity index (χ3n) is 1.72. The second kappa shape index (κ2) is 3.05. The Bertz CT molecular complexity index is 426. The molecule has 2 N–H and O–H groups in total. The van der Waals surface area contributed by atoms with E-state index in [4.69, 9.17) is 5.11 Å². The van der Waals surface area contributed by atoms with Gasteiger partial charge in [0.15, 0.2) is 0 Å². The zero-order chi connectivity index (χ0) is 10.2. The highest BCUT2D eigenvalue weighted by atomic mass is 19.3. The van der Waals surface area contributed by atoms with Crippen LogP contribution in [0.25, 0.3) is 13.2 Å². The van der Waals surface area contributed by atoms with Gasteiger partial charge in [0.05, 0.1) is 5.56 Å². The van der Waals surface area contributed by atoms with E-state index in [1.807, 2.05) is 0 Å². The first-order chi connectivity index (χ1) is 5.95. The summed E-state index contributed by atoms with van der Waals surface area (Å²) < 4.78 is 24.6. The molecule has 0 spiro atoms. The molecule has 4 heteroatoms. The van der Waals surface area contributed by atoms with Gasteiger partial charge in [-0.3, -0.25) is 0 Å². The van der Waals surface area contributed by atoms with Gasteiger partial charge in [0.2, 0.25) is 0 Å². The first-order valence-electron chi connectivity index (χ1n) is 3.46. The van der Waals surface area contributed by atoms with Gasteiger partial charge in [0.25, 0.3) is 6.43 Å². The number of aromatic hydroxyl groups is 2. The van der Waals surface area contributed by atoms with Gasteiger partial charge in [0.1, 0.15) is 11.5 Å². The van der Waals surface area contributed by atoms with Crippen LogP contribution in [-0.2, 0) is 0 Å². The largest absolute Gasteiger partial charge is 0.507 e. The molecule has 1 aromatic carbocycles. The highest BCUT2D eigenvalue weighted by molar-refractivity contribution is 5.44. The molecule has 0 unspecified atom stereocenters. The summed E-state index contributed by atoms with van der Waals surface area (Å²) in [6.45, 7) is 6.52. The van der Waals surface area contributed by atoms with Crippen molar-refractivity contribution < 1.29 is 19.0 Å². The molecular weight excluding hydrogens is 178 g/mol. The van der Waals surface area contributed by atoms with Crippen LogP contribution >= 0.6 is 0 Å². The lowest BCUT2D eigenvalue weighted by Gasteiger charge is -2.05. The summed E-state index contributed by atoms with van der Waals surface area (Å²) in [5.74, 6) is -1.00. The van der Waals surface area contributed by atoms with Gasteiger partial charge >= 0.3 is 0 Å². The van der Waals surface area contributed by atoms with Gasteiger partial charge in [-0.15, -0.1) is 0 Å². The van der Waals surface area contributed by atoms with E-state index in [-0.39, 0.29) is 10.4 Å². The Morgan fingerprint density at radius 3 is 2.23 bits per heavy atom. The second-order valence-electron chi connectivity index (χ2n) is 2.60. The smallest absolute Gasteiger partial charge is 0.268 e. The van der Waals surface area contributed by atoms with Gasteiger partial charge in [-0.1, -0.05) is 13.2 Å². The van der Waals surface area contributed by atoms with Gasteiger partial charge in [-0.25, -0.2) is 8.78 Å². The fraction of sp³-hybridized carbons (Fsp3) is 0.111.